The Hall–Kier alpha value is -0.170. The van der Waals surface area contributed by atoms with Gasteiger partial charge < -0.3 is 5.73 Å². The quantitative estimate of drug-likeness (QED) is 0.816. The van der Waals surface area contributed by atoms with E-state index in [1.54, 1.807) is 8.61 Å². The van der Waals surface area contributed by atoms with E-state index in [4.69, 9.17) is 5.73 Å². The molecule has 3 rings (SSSR count). The van der Waals surface area contributed by atoms with Crippen molar-refractivity contribution >= 4 is 10.2 Å². The van der Waals surface area contributed by atoms with E-state index in [1.165, 1.54) is 0 Å². The van der Waals surface area contributed by atoms with Crippen LogP contribution in [0.1, 0.15) is 38.5 Å². The van der Waals surface area contributed by atoms with Gasteiger partial charge in [0.25, 0.3) is 10.2 Å². The average molecular weight is 287 g/mol. The van der Waals surface area contributed by atoms with E-state index < -0.39 is 10.2 Å². The standard InChI is InChI=1S/C13H25N3O2S/c14-13-6-5-11-9-16(10-12(11)13)19(17,18)15-7-3-1-2-4-8-15/h11-13H,1-10,14H2. The van der Waals surface area contributed by atoms with Crippen molar-refractivity contribution in [3.8, 4) is 0 Å². The van der Waals surface area contributed by atoms with Gasteiger partial charge in [0.1, 0.15) is 0 Å². The number of nitrogens with zero attached hydrogens (tertiary/aromatic N) is 2. The Kier molecular flexibility index (Phi) is 3.86. The largest absolute Gasteiger partial charge is 0.327 e. The molecule has 2 saturated heterocycles. The van der Waals surface area contributed by atoms with Crippen LogP contribution in [-0.2, 0) is 10.2 Å². The zero-order valence-corrected chi connectivity index (χ0v) is 12.3. The first-order valence-corrected chi connectivity index (χ1v) is 8.99. The zero-order chi connectivity index (χ0) is 13.5. The summed E-state index contributed by atoms with van der Waals surface area (Å²) in [5.74, 6) is 0.888. The van der Waals surface area contributed by atoms with E-state index in [-0.39, 0.29) is 6.04 Å². The van der Waals surface area contributed by atoms with Crippen LogP contribution >= 0.6 is 0 Å². The summed E-state index contributed by atoms with van der Waals surface area (Å²) in [5, 5.41) is 0. The molecule has 0 aromatic carbocycles. The van der Waals surface area contributed by atoms with Gasteiger partial charge in [-0.2, -0.15) is 17.0 Å². The van der Waals surface area contributed by atoms with Crippen LogP contribution in [0.15, 0.2) is 0 Å². The van der Waals surface area contributed by atoms with Crippen LogP contribution in [0.4, 0.5) is 0 Å². The summed E-state index contributed by atoms with van der Waals surface area (Å²) < 4.78 is 28.8. The molecular weight excluding hydrogens is 262 g/mol. The highest BCUT2D eigenvalue weighted by molar-refractivity contribution is 7.86. The molecule has 3 atom stereocenters. The summed E-state index contributed by atoms with van der Waals surface area (Å²) in [6, 6.07) is 0.203. The fraction of sp³-hybridized carbons (Fsp3) is 1.00. The maximum atomic E-state index is 12.7. The van der Waals surface area contributed by atoms with Crippen LogP contribution in [0, 0.1) is 11.8 Å². The van der Waals surface area contributed by atoms with Crippen molar-refractivity contribution in [2.45, 2.75) is 44.6 Å². The number of nitrogens with two attached hydrogens (primary N) is 1. The summed E-state index contributed by atoms with van der Waals surface area (Å²) in [7, 11) is -3.24. The minimum absolute atomic E-state index is 0.203. The number of rotatable bonds is 2. The third kappa shape index (κ3) is 2.55. The molecule has 0 aromatic heterocycles. The number of hydrogen-bond acceptors (Lipinski definition) is 3. The Labute approximate surface area is 116 Å². The van der Waals surface area contributed by atoms with E-state index in [1.807, 2.05) is 0 Å². The highest BCUT2D eigenvalue weighted by atomic mass is 32.2. The van der Waals surface area contributed by atoms with Crippen LogP contribution in [0.25, 0.3) is 0 Å². The molecule has 2 N–H and O–H groups in total. The van der Waals surface area contributed by atoms with Crippen LogP contribution in [0.2, 0.25) is 0 Å². The van der Waals surface area contributed by atoms with Gasteiger partial charge in [0.2, 0.25) is 0 Å². The summed E-state index contributed by atoms with van der Waals surface area (Å²) in [6.07, 6.45) is 6.47. The highest BCUT2D eigenvalue weighted by Crippen LogP contribution is 2.38. The Morgan fingerprint density at radius 1 is 0.895 bits per heavy atom. The van der Waals surface area contributed by atoms with Crippen molar-refractivity contribution in [2.75, 3.05) is 26.2 Å². The molecular formula is C13H25N3O2S. The van der Waals surface area contributed by atoms with Crippen molar-refractivity contribution in [1.29, 1.82) is 0 Å². The van der Waals surface area contributed by atoms with Gasteiger partial charge in [-0.1, -0.05) is 12.8 Å². The van der Waals surface area contributed by atoms with E-state index in [2.05, 4.69) is 0 Å². The lowest BCUT2D eigenvalue weighted by molar-refractivity contribution is 0.353. The molecule has 3 unspecified atom stereocenters. The molecule has 19 heavy (non-hydrogen) atoms. The second kappa shape index (κ2) is 5.31. The molecule has 0 aromatic rings. The highest BCUT2D eigenvalue weighted by Gasteiger charge is 2.46. The fourth-order valence-electron chi connectivity index (χ4n) is 3.89. The molecule has 1 aliphatic carbocycles. The van der Waals surface area contributed by atoms with Crippen LogP contribution in [0.5, 0.6) is 0 Å². The van der Waals surface area contributed by atoms with Gasteiger partial charge in [0.15, 0.2) is 0 Å². The first kappa shape index (κ1) is 13.8. The van der Waals surface area contributed by atoms with Gasteiger partial charge in [-0.15, -0.1) is 0 Å². The predicted octanol–water partition coefficient (Wildman–Crippen LogP) is 0.776. The minimum atomic E-state index is -3.24. The third-order valence-corrected chi connectivity index (χ3v) is 7.06. The SMILES string of the molecule is NC1CCC2CN(S(=O)(=O)N3CCCCCC3)CC12. The van der Waals surface area contributed by atoms with Gasteiger partial charge in [-0.25, -0.2) is 0 Å². The molecule has 2 heterocycles. The number of fused-ring (bicyclic) bond motifs is 1. The molecule has 0 radical (unpaired) electrons. The molecule has 0 amide bonds. The minimum Gasteiger partial charge on any atom is -0.327 e. The second-order valence-corrected chi connectivity index (χ2v) is 8.23. The Bertz CT molecular complexity index is 418. The van der Waals surface area contributed by atoms with Crippen molar-refractivity contribution < 1.29 is 8.42 Å². The Morgan fingerprint density at radius 2 is 1.58 bits per heavy atom. The molecule has 2 aliphatic heterocycles. The summed E-state index contributed by atoms with van der Waals surface area (Å²) in [6.45, 7) is 2.72. The molecule has 3 aliphatic rings. The van der Waals surface area contributed by atoms with Gasteiger partial charge in [-0.05, 0) is 37.5 Å². The van der Waals surface area contributed by atoms with E-state index in [9.17, 15) is 8.42 Å². The zero-order valence-electron chi connectivity index (χ0n) is 11.5. The molecule has 3 fully saturated rings. The van der Waals surface area contributed by atoms with E-state index >= 15 is 0 Å². The van der Waals surface area contributed by atoms with E-state index in [0.29, 0.717) is 38.0 Å². The van der Waals surface area contributed by atoms with Crippen molar-refractivity contribution in [2.24, 2.45) is 17.6 Å². The van der Waals surface area contributed by atoms with Gasteiger partial charge in [0.05, 0.1) is 0 Å². The topological polar surface area (TPSA) is 66.6 Å². The molecule has 110 valence electrons. The van der Waals surface area contributed by atoms with Crippen LogP contribution < -0.4 is 5.73 Å². The van der Waals surface area contributed by atoms with Gasteiger partial charge >= 0.3 is 0 Å². The van der Waals surface area contributed by atoms with Crippen LogP contribution in [-0.4, -0.2) is 49.2 Å². The van der Waals surface area contributed by atoms with E-state index in [0.717, 1.165) is 38.5 Å². The fourth-order valence-corrected chi connectivity index (χ4v) is 5.68. The summed E-state index contributed by atoms with van der Waals surface area (Å²) >= 11 is 0. The summed E-state index contributed by atoms with van der Waals surface area (Å²) in [4.78, 5) is 0. The van der Waals surface area contributed by atoms with Crippen molar-refractivity contribution in [1.82, 2.24) is 8.61 Å². The molecule has 1 saturated carbocycles. The maximum absolute atomic E-state index is 12.7. The third-order valence-electron chi connectivity index (χ3n) is 5.10. The normalized spacial score (nSPS) is 38.3. The first-order valence-electron chi connectivity index (χ1n) is 7.60. The maximum Gasteiger partial charge on any atom is 0.281 e. The average Bonchev–Trinajstić information content (AvgIpc) is 2.81. The summed E-state index contributed by atoms with van der Waals surface area (Å²) in [5.41, 5.74) is 6.09. The predicted molar refractivity (Wildman–Crippen MR) is 74.7 cm³/mol. The molecule has 0 spiro atoms. The smallest absolute Gasteiger partial charge is 0.281 e. The Morgan fingerprint density at radius 3 is 2.21 bits per heavy atom. The van der Waals surface area contributed by atoms with Crippen molar-refractivity contribution in [3.05, 3.63) is 0 Å². The second-order valence-electron chi connectivity index (χ2n) is 6.30. The molecule has 0 bridgehead atoms. The lowest BCUT2D eigenvalue weighted by Crippen LogP contribution is -2.44. The van der Waals surface area contributed by atoms with Gasteiger partial charge in [0, 0.05) is 32.2 Å². The molecule has 6 heteroatoms. The monoisotopic (exact) mass is 287 g/mol. The van der Waals surface area contributed by atoms with Crippen molar-refractivity contribution in [3.63, 3.8) is 0 Å². The molecule has 5 nitrogen and oxygen atoms in total. The van der Waals surface area contributed by atoms with Gasteiger partial charge in [-0.3, -0.25) is 0 Å². The number of hydrogen-bond donors (Lipinski definition) is 1. The lowest BCUT2D eigenvalue weighted by atomic mass is 9.98. The lowest BCUT2D eigenvalue weighted by Gasteiger charge is -2.27. The Balaban J connectivity index is 1.71. The van der Waals surface area contributed by atoms with Crippen LogP contribution in [0.3, 0.4) is 0 Å². The first-order chi connectivity index (χ1) is 9.09.